The molecule has 0 spiro atoms. The summed E-state index contributed by atoms with van der Waals surface area (Å²) in [5.41, 5.74) is 0.879. The molecule has 1 fully saturated rings. The number of nitro groups is 1. The SMILES string of the molecule is CCOC(=O)NCCCC/C=C1/NC(=O)N[C@@H](c2ccc(OC)cc2)[C@@H]1[N+](=O)[O-]. The van der Waals surface area contributed by atoms with Crippen LogP contribution in [0.25, 0.3) is 0 Å². The number of benzene rings is 1. The van der Waals surface area contributed by atoms with E-state index in [2.05, 4.69) is 16.0 Å². The summed E-state index contributed by atoms with van der Waals surface area (Å²) in [5.74, 6) is 0.624. The molecule has 29 heavy (non-hydrogen) atoms. The molecule has 158 valence electrons. The molecule has 1 aliphatic heterocycles. The van der Waals surface area contributed by atoms with Gasteiger partial charge in [0, 0.05) is 11.5 Å². The molecule has 1 aromatic carbocycles. The number of rotatable bonds is 9. The van der Waals surface area contributed by atoms with Crippen LogP contribution in [0.4, 0.5) is 9.59 Å². The van der Waals surface area contributed by atoms with Gasteiger partial charge in [0.1, 0.15) is 11.8 Å². The van der Waals surface area contributed by atoms with Crippen LogP contribution >= 0.6 is 0 Å². The van der Waals surface area contributed by atoms with Gasteiger partial charge < -0.3 is 25.4 Å². The molecule has 2 rings (SSSR count). The molecule has 1 aromatic rings. The van der Waals surface area contributed by atoms with Crippen LogP contribution in [-0.2, 0) is 4.74 Å². The number of amides is 3. The first kappa shape index (κ1) is 22.0. The highest BCUT2D eigenvalue weighted by Gasteiger charge is 2.42. The number of nitrogens with one attached hydrogen (secondary N) is 3. The lowest BCUT2D eigenvalue weighted by Gasteiger charge is -2.29. The van der Waals surface area contributed by atoms with E-state index in [1.807, 2.05) is 0 Å². The highest BCUT2D eigenvalue weighted by molar-refractivity contribution is 5.78. The molecule has 0 bridgehead atoms. The number of carbonyl (C=O) groups excluding carboxylic acids is 2. The van der Waals surface area contributed by atoms with Crippen molar-refractivity contribution in [3.63, 3.8) is 0 Å². The molecule has 1 aliphatic rings. The summed E-state index contributed by atoms with van der Waals surface area (Å²) in [5, 5.41) is 19.5. The average molecular weight is 406 g/mol. The summed E-state index contributed by atoms with van der Waals surface area (Å²) in [4.78, 5) is 34.6. The van der Waals surface area contributed by atoms with Gasteiger partial charge in [-0.15, -0.1) is 0 Å². The maximum Gasteiger partial charge on any atom is 0.407 e. The van der Waals surface area contributed by atoms with Gasteiger partial charge in [0.15, 0.2) is 0 Å². The van der Waals surface area contributed by atoms with Crippen molar-refractivity contribution in [2.24, 2.45) is 0 Å². The lowest BCUT2D eigenvalue weighted by atomic mass is 9.94. The summed E-state index contributed by atoms with van der Waals surface area (Å²) < 4.78 is 9.87. The lowest BCUT2D eigenvalue weighted by Crippen LogP contribution is -2.54. The van der Waals surface area contributed by atoms with E-state index in [9.17, 15) is 19.7 Å². The second-order valence-corrected chi connectivity index (χ2v) is 6.38. The highest BCUT2D eigenvalue weighted by Crippen LogP contribution is 2.28. The highest BCUT2D eigenvalue weighted by atomic mass is 16.6. The van der Waals surface area contributed by atoms with E-state index >= 15 is 0 Å². The molecular formula is C19H26N4O6. The number of methoxy groups -OCH3 is 1. The number of allylic oxidation sites excluding steroid dienone is 1. The van der Waals surface area contributed by atoms with E-state index in [1.54, 1.807) is 37.3 Å². The van der Waals surface area contributed by atoms with Crippen molar-refractivity contribution in [2.45, 2.75) is 38.3 Å². The van der Waals surface area contributed by atoms with Crippen molar-refractivity contribution in [3.05, 3.63) is 51.7 Å². The smallest absolute Gasteiger partial charge is 0.407 e. The first-order chi connectivity index (χ1) is 14.0. The summed E-state index contributed by atoms with van der Waals surface area (Å²) in [6.45, 7) is 2.48. The predicted octanol–water partition coefficient (Wildman–Crippen LogP) is 2.49. The van der Waals surface area contributed by atoms with Gasteiger partial charge in [-0.1, -0.05) is 18.2 Å². The standard InChI is InChI=1S/C19H26N4O6/c1-3-29-19(25)20-12-6-4-5-7-15-17(23(26)27)16(22-18(24)21-15)13-8-10-14(28-2)11-9-13/h7-11,16-17H,3-6,12H2,1-2H3,(H,20,25)(H2,21,22,24)/b15-7+/t16-,17+/m0/s1. The first-order valence-corrected chi connectivity index (χ1v) is 9.42. The van der Waals surface area contributed by atoms with Crippen LogP contribution in [0, 0.1) is 10.1 Å². The summed E-state index contributed by atoms with van der Waals surface area (Å²) in [6, 6.07) is 4.38. The number of nitrogens with zero attached hydrogens (tertiary/aromatic N) is 1. The molecular weight excluding hydrogens is 380 g/mol. The third-order valence-corrected chi connectivity index (χ3v) is 4.42. The monoisotopic (exact) mass is 406 g/mol. The topological polar surface area (TPSA) is 132 Å². The molecule has 0 radical (unpaired) electrons. The molecule has 0 unspecified atom stereocenters. The van der Waals surface area contributed by atoms with Gasteiger partial charge >= 0.3 is 12.1 Å². The van der Waals surface area contributed by atoms with Crippen molar-refractivity contribution < 1.29 is 24.0 Å². The Labute approximate surface area is 168 Å². The molecule has 0 aromatic heterocycles. The van der Waals surface area contributed by atoms with E-state index in [1.165, 1.54) is 7.11 Å². The normalized spacial score (nSPS) is 19.8. The number of urea groups is 1. The molecule has 1 heterocycles. The van der Waals surface area contributed by atoms with Crippen molar-refractivity contribution in [1.82, 2.24) is 16.0 Å². The van der Waals surface area contributed by atoms with Gasteiger partial charge in [0.25, 0.3) is 6.04 Å². The lowest BCUT2D eigenvalue weighted by molar-refractivity contribution is -0.518. The van der Waals surface area contributed by atoms with Crippen LogP contribution in [0.1, 0.15) is 37.8 Å². The molecule has 1 saturated heterocycles. The second kappa shape index (κ2) is 10.9. The zero-order valence-corrected chi connectivity index (χ0v) is 16.5. The van der Waals surface area contributed by atoms with Crippen LogP contribution < -0.4 is 20.7 Å². The fraction of sp³-hybridized carbons (Fsp3) is 0.474. The minimum atomic E-state index is -1.13. The van der Waals surface area contributed by atoms with Gasteiger partial charge in [-0.05, 0) is 43.9 Å². The van der Waals surface area contributed by atoms with Crippen LogP contribution in [0.15, 0.2) is 36.0 Å². The van der Waals surface area contributed by atoms with Crippen molar-refractivity contribution in [3.8, 4) is 5.75 Å². The largest absolute Gasteiger partial charge is 0.497 e. The number of hydrogen-bond donors (Lipinski definition) is 3. The van der Waals surface area contributed by atoms with Crippen LogP contribution in [0.5, 0.6) is 5.75 Å². The van der Waals surface area contributed by atoms with E-state index < -0.39 is 29.1 Å². The van der Waals surface area contributed by atoms with E-state index in [0.717, 1.165) is 0 Å². The Morgan fingerprint density at radius 2 is 2.03 bits per heavy atom. The van der Waals surface area contributed by atoms with Gasteiger partial charge in [-0.3, -0.25) is 10.1 Å². The number of alkyl carbamates (subject to hydrolysis) is 1. The predicted molar refractivity (Wildman–Crippen MR) is 105 cm³/mol. The number of ether oxygens (including phenoxy) is 2. The van der Waals surface area contributed by atoms with Crippen molar-refractivity contribution >= 4 is 12.1 Å². The average Bonchev–Trinajstić information content (AvgIpc) is 2.70. The molecule has 2 atom stereocenters. The van der Waals surface area contributed by atoms with E-state index in [4.69, 9.17) is 9.47 Å². The Balaban J connectivity index is 2.01. The maximum atomic E-state index is 12.0. The zero-order chi connectivity index (χ0) is 21.2. The number of carbonyl (C=O) groups is 2. The van der Waals surface area contributed by atoms with Gasteiger partial charge in [-0.2, -0.15) is 0 Å². The Morgan fingerprint density at radius 3 is 2.66 bits per heavy atom. The third kappa shape index (κ3) is 6.37. The maximum absolute atomic E-state index is 12.0. The molecule has 3 N–H and O–H groups in total. The van der Waals surface area contributed by atoms with Gasteiger partial charge in [-0.25, -0.2) is 9.59 Å². The Bertz CT molecular complexity index is 750. The fourth-order valence-electron chi connectivity index (χ4n) is 3.02. The first-order valence-electron chi connectivity index (χ1n) is 9.42. The van der Waals surface area contributed by atoms with Crippen LogP contribution in [0.2, 0.25) is 0 Å². The number of unbranched alkanes of at least 4 members (excludes halogenated alkanes) is 2. The summed E-state index contributed by atoms with van der Waals surface area (Å²) >= 11 is 0. The van der Waals surface area contributed by atoms with Crippen molar-refractivity contribution in [1.29, 1.82) is 0 Å². The van der Waals surface area contributed by atoms with E-state index in [0.29, 0.717) is 43.7 Å². The minimum absolute atomic E-state index is 0.262. The fourth-order valence-corrected chi connectivity index (χ4v) is 3.02. The third-order valence-electron chi connectivity index (χ3n) is 4.42. The summed E-state index contributed by atoms with van der Waals surface area (Å²) in [7, 11) is 1.53. The summed E-state index contributed by atoms with van der Waals surface area (Å²) in [6.07, 6.45) is 3.11. The van der Waals surface area contributed by atoms with Crippen molar-refractivity contribution in [2.75, 3.05) is 20.3 Å². The quantitative estimate of drug-likeness (QED) is 0.328. The van der Waals surface area contributed by atoms with Crippen LogP contribution in [-0.4, -0.2) is 43.4 Å². The Kier molecular flexibility index (Phi) is 8.26. The molecule has 10 nitrogen and oxygen atoms in total. The molecule has 0 saturated carbocycles. The van der Waals surface area contributed by atoms with Gasteiger partial charge in [0.2, 0.25) is 0 Å². The van der Waals surface area contributed by atoms with Gasteiger partial charge in [0.05, 0.1) is 19.4 Å². The second-order valence-electron chi connectivity index (χ2n) is 6.38. The molecule has 10 heteroatoms. The van der Waals surface area contributed by atoms with E-state index in [-0.39, 0.29) is 5.70 Å². The zero-order valence-electron chi connectivity index (χ0n) is 16.5. The molecule has 0 aliphatic carbocycles. The Hall–Kier alpha value is -3.30. The number of hydrogen-bond acceptors (Lipinski definition) is 6. The molecule has 3 amide bonds. The van der Waals surface area contributed by atoms with Crippen LogP contribution in [0.3, 0.4) is 0 Å². The Morgan fingerprint density at radius 1 is 1.31 bits per heavy atom. The minimum Gasteiger partial charge on any atom is -0.497 e.